The Kier molecular flexibility index (Phi) is 6.11. The maximum Gasteiger partial charge on any atom is 0.288 e. The average Bonchev–Trinajstić information content (AvgIpc) is 2.59. The largest absolute Gasteiger partial charge is 0.481 e. The van der Waals surface area contributed by atoms with E-state index in [-0.39, 0.29) is 5.69 Å². The number of carbonyl (C=O) groups is 2. The minimum atomic E-state index is -0.756. The molecule has 0 spiro atoms. The number of hydrazine groups is 1. The van der Waals surface area contributed by atoms with E-state index in [1.165, 1.54) is 11.8 Å². The second kappa shape index (κ2) is 8.28. The number of amides is 2. The summed E-state index contributed by atoms with van der Waals surface area (Å²) < 4.78 is 5.65. The van der Waals surface area contributed by atoms with Gasteiger partial charge in [0, 0.05) is 6.20 Å². The molecule has 2 amide bonds. The van der Waals surface area contributed by atoms with Gasteiger partial charge >= 0.3 is 0 Å². The van der Waals surface area contributed by atoms with Crippen LogP contribution in [0.2, 0.25) is 0 Å². The summed E-state index contributed by atoms with van der Waals surface area (Å²) in [4.78, 5) is 27.8. The molecule has 1 aromatic heterocycles. The van der Waals surface area contributed by atoms with Gasteiger partial charge in [0.1, 0.15) is 11.4 Å². The summed E-state index contributed by atoms with van der Waals surface area (Å²) in [5.41, 5.74) is 7.24. The SMILES string of the molecule is Cc1cc(OC(C)C(=O)NNC(=O)c2ccccn2)ccc1C(C)C. The Labute approximate surface area is 147 Å². The Hall–Kier alpha value is -2.89. The van der Waals surface area contributed by atoms with Crippen molar-refractivity contribution in [2.45, 2.75) is 39.7 Å². The molecule has 1 atom stereocenters. The molecule has 0 aliphatic heterocycles. The molecule has 0 aliphatic carbocycles. The Morgan fingerprint density at radius 2 is 1.84 bits per heavy atom. The fourth-order valence-electron chi connectivity index (χ4n) is 2.41. The Morgan fingerprint density at radius 3 is 2.44 bits per heavy atom. The van der Waals surface area contributed by atoms with Crippen LogP contribution < -0.4 is 15.6 Å². The third-order valence-electron chi connectivity index (χ3n) is 3.74. The van der Waals surface area contributed by atoms with Gasteiger partial charge in [-0.25, -0.2) is 0 Å². The molecule has 6 nitrogen and oxygen atoms in total. The first kappa shape index (κ1) is 18.4. The van der Waals surface area contributed by atoms with Crippen molar-refractivity contribution in [2.24, 2.45) is 0 Å². The van der Waals surface area contributed by atoms with Crippen molar-refractivity contribution in [3.63, 3.8) is 0 Å². The van der Waals surface area contributed by atoms with Crippen LogP contribution in [0, 0.1) is 6.92 Å². The molecule has 0 bridgehead atoms. The summed E-state index contributed by atoms with van der Waals surface area (Å²) in [5.74, 6) is 0.102. The van der Waals surface area contributed by atoms with Gasteiger partial charge < -0.3 is 4.74 Å². The van der Waals surface area contributed by atoms with Gasteiger partial charge in [-0.2, -0.15) is 0 Å². The second-order valence-electron chi connectivity index (χ2n) is 6.09. The highest BCUT2D eigenvalue weighted by molar-refractivity contribution is 5.94. The molecule has 1 heterocycles. The minimum absolute atomic E-state index is 0.219. The topological polar surface area (TPSA) is 80.3 Å². The van der Waals surface area contributed by atoms with Crippen LogP contribution in [-0.2, 0) is 4.79 Å². The molecule has 0 saturated carbocycles. The van der Waals surface area contributed by atoms with Gasteiger partial charge in [-0.1, -0.05) is 26.0 Å². The highest BCUT2D eigenvalue weighted by atomic mass is 16.5. The van der Waals surface area contributed by atoms with Gasteiger partial charge in [-0.15, -0.1) is 0 Å². The predicted molar refractivity (Wildman–Crippen MR) is 95.2 cm³/mol. The number of hydrogen-bond donors (Lipinski definition) is 2. The molecule has 0 radical (unpaired) electrons. The molecule has 0 aliphatic rings. The van der Waals surface area contributed by atoms with Crippen molar-refractivity contribution >= 4 is 11.8 Å². The van der Waals surface area contributed by atoms with E-state index in [1.54, 1.807) is 25.1 Å². The minimum Gasteiger partial charge on any atom is -0.481 e. The van der Waals surface area contributed by atoms with E-state index >= 15 is 0 Å². The number of rotatable bonds is 5. The number of hydrogen-bond acceptors (Lipinski definition) is 4. The zero-order chi connectivity index (χ0) is 18.4. The van der Waals surface area contributed by atoms with E-state index in [4.69, 9.17) is 4.74 Å². The number of ether oxygens (including phenoxy) is 1. The maximum atomic E-state index is 12.1. The van der Waals surface area contributed by atoms with Crippen molar-refractivity contribution in [1.29, 1.82) is 0 Å². The molecule has 132 valence electrons. The summed E-state index contributed by atoms with van der Waals surface area (Å²) >= 11 is 0. The lowest BCUT2D eigenvalue weighted by molar-refractivity contribution is -0.128. The molecule has 0 fully saturated rings. The summed E-state index contributed by atoms with van der Waals surface area (Å²) in [5, 5.41) is 0. The van der Waals surface area contributed by atoms with Gasteiger partial charge in [0.2, 0.25) is 0 Å². The number of nitrogens with one attached hydrogen (secondary N) is 2. The number of benzene rings is 1. The lowest BCUT2D eigenvalue weighted by atomic mass is 9.98. The molecule has 0 saturated heterocycles. The average molecular weight is 341 g/mol. The highest BCUT2D eigenvalue weighted by Gasteiger charge is 2.16. The van der Waals surface area contributed by atoms with Crippen molar-refractivity contribution in [2.75, 3.05) is 0 Å². The Bertz CT molecular complexity index is 745. The summed E-state index contributed by atoms with van der Waals surface area (Å²) in [6.07, 6.45) is 0.749. The summed E-state index contributed by atoms with van der Waals surface area (Å²) in [7, 11) is 0. The van der Waals surface area contributed by atoms with Gasteiger partial charge in [0.25, 0.3) is 11.8 Å². The quantitative estimate of drug-likeness (QED) is 0.820. The molecule has 2 N–H and O–H groups in total. The lowest BCUT2D eigenvalue weighted by Gasteiger charge is -2.17. The van der Waals surface area contributed by atoms with Gasteiger partial charge in [0.15, 0.2) is 6.10 Å². The predicted octanol–water partition coefficient (Wildman–Crippen LogP) is 2.74. The van der Waals surface area contributed by atoms with Crippen LogP contribution >= 0.6 is 0 Å². The first-order valence-corrected chi connectivity index (χ1v) is 8.17. The summed E-state index contributed by atoms with van der Waals surface area (Å²) in [6.45, 7) is 7.89. The van der Waals surface area contributed by atoms with Gasteiger partial charge in [-0.05, 0) is 55.2 Å². The van der Waals surface area contributed by atoms with E-state index in [1.807, 2.05) is 25.1 Å². The molecular weight excluding hydrogens is 318 g/mol. The van der Waals surface area contributed by atoms with E-state index in [0.29, 0.717) is 11.7 Å². The Balaban J connectivity index is 1.90. The van der Waals surface area contributed by atoms with Gasteiger partial charge in [0.05, 0.1) is 0 Å². The fraction of sp³-hybridized carbons (Fsp3) is 0.316. The molecule has 2 rings (SSSR count). The molecular formula is C19H23N3O3. The van der Waals surface area contributed by atoms with Crippen LogP contribution in [0.1, 0.15) is 48.3 Å². The van der Waals surface area contributed by atoms with Crippen LogP contribution in [0.3, 0.4) is 0 Å². The van der Waals surface area contributed by atoms with E-state index in [9.17, 15) is 9.59 Å². The Morgan fingerprint density at radius 1 is 1.08 bits per heavy atom. The molecule has 1 aromatic carbocycles. The normalized spacial score (nSPS) is 11.7. The smallest absolute Gasteiger partial charge is 0.288 e. The van der Waals surface area contributed by atoms with Crippen molar-refractivity contribution in [3.05, 3.63) is 59.4 Å². The van der Waals surface area contributed by atoms with Crippen molar-refractivity contribution in [3.8, 4) is 5.75 Å². The van der Waals surface area contributed by atoms with Crippen molar-refractivity contribution < 1.29 is 14.3 Å². The van der Waals surface area contributed by atoms with E-state index in [2.05, 4.69) is 29.7 Å². The third kappa shape index (κ3) is 5.04. The van der Waals surface area contributed by atoms with Crippen molar-refractivity contribution in [1.82, 2.24) is 15.8 Å². The molecule has 1 unspecified atom stereocenters. The number of carbonyl (C=O) groups excluding carboxylic acids is 2. The van der Waals surface area contributed by atoms with Gasteiger partial charge in [-0.3, -0.25) is 25.4 Å². The molecule has 6 heteroatoms. The highest BCUT2D eigenvalue weighted by Crippen LogP contribution is 2.24. The zero-order valence-corrected chi connectivity index (χ0v) is 14.9. The lowest BCUT2D eigenvalue weighted by Crippen LogP contribution is -2.47. The second-order valence-corrected chi connectivity index (χ2v) is 6.09. The molecule has 25 heavy (non-hydrogen) atoms. The van der Waals surface area contributed by atoms with Crippen LogP contribution in [0.25, 0.3) is 0 Å². The van der Waals surface area contributed by atoms with E-state index < -0.39 is 17.9 Å². The van der Waals surface area contributed by atoms with Crippen LogP contribution in [0.4, 0.5) is 0 Å². The maximum absolute atomic E-state index is 12.1. The fourth-order valence-corrected chi connectivity index (χ4v) is 2.41. The first-order chi connectivity index (χ1) is 11.9. The summed E-state index contributed by atoms with van der Waals surface area (Å²) in [6, 6.07) is 10.7. The first-order valence-electron chi connectivity index (χ1n) is 8.17. The van der Waals surface area contributed by atoms with E-state index in [0.717, 1.165) is 5.56 Å². The molecule has 2 aromatic rings. The monoisotopic (exact) mass is 341 g/mol. The number of aromatic nitrogens is 1. The zero-order valence-electron chi connectivity index (χ0n) is 14.9. The number of aryl methyl sites for hydroxylation is 1. The number of nitrogens with zero attached hydrogens (tertiary/aromatic N) is 1. The van der Waals surface area contributed by atoms with Crippen LogP contribution in [0.15, 0.2) is 42.6 Å². The number of pyridine rings is 1. The van der Waals surface area contributed by atoms with Crippen LogP contribution in [-0.4, -0.2) is 22.9 Å². The third-order valence-corrected chi connectivity index (χ3v) is 3.74. The standard InChI is InChI=1S/C19H23N3O3/c1-12(2)16-9-8-15(11-13(16)3)25-14(4)18(23)21-22-19(24)17-7-5-6-10-20-17/h5-12,14H,1-4H3,(H,21,23)(H,22,24). The van der Waals surface area contributed by atoms with Crippen LogP contribution in [0.5, 0.6) is 5.75 Å².